The highest BCUT2D eigenvalue weighted by atomic mass is 79.9. The van der Waals surface area contributed by atoms with Crippen LogP contribution in [0.25, 0.3) is 11.0 Å². The second kappa shape index (κ2) is 4.37. The number of imidazole rings is 1. The van der Waals surface area contributed by atoms with Gasteiger partial charge in [0.15, 0.2) is 0 Å². The first-order valence-corrected chi connectivity index (χ1v) is 5.95. The van der Waals surface area contributed by atoms with Gasteiger partial charge < -0.3 is 4.57 Å². The number of hydrogen-bond donors (Lipinski definition) is 0. The lowest BCUT2D eigenvalue weighted by molar-refractivity contribution is 0.629. The first-order chi connectivity index (χ1) is 7.63. The van der Waals surface area contributed by atoms with Gasteiger partial charge in [0, 0.05) is 12.6 Å². The molecule has 4 heteroatoms. The Morgan fingerprint density at radius 3 is 3.00 bits per heavy atom. The molecule has 0 saturated heterocycles. The minimum Gasteiger partial charge on any atom is -0.323 e. The first kappa shape index (κ1) is 11.3. The molecule has 16 heavy (non-hydrogen) atoms. The van der Waals surface area contributed by atoms with E-state index < -0.39 is 0 Å². The molecule has 0 spiro atoms. The standard InChI is InChI=1S/C12H12BrFN2/c1-3-6-16-11-5-4-9(14)7-10(11)15-12(16)8(2)13/h3-5,7-8H,1,6H2,2H3. The Bertz CT molecular complexity index is 531. The van der Waals surface area contributed by atoms with Crippen LogP contribution >= 0.6 is 15.9 Å². The Morgan fingerprint density at radius 2 is 2.38 bits per heavy atom. The molecule has 1 atom stereocenters. The molecule has 0 N–H and O–H groups in total. The number of alkyl halides is 1. The summed E-state index contributed by atoms with van der Waals surface area (Å²) < 4.78 is 15.1. The summed E-state index contributed by atoms with van der Waals surface area (Å²) in [5, 5.41) is 0. The minimum atomic E-state index is -0.260. The van der Waals surface area contributed by atoms with Crippen LogP contribution in [0, 0.1) is 5.82 Å². The number of nitrogens with zero attached hydrogens (tertiary/aromatic N) is 2. The Hall–Kier alpha value is -1.16. The molecule has 1 heterocycles. The molecule has 1 unspecified atom stereocenters. The molecule has 1 aromatic heterocycles. The van der Waals surface area contributed by atoms with Crippen molar-refractivity contribution < 1.29 is 4.39 Å². The van der Waals surface area contributed by atoms with Gasteiger partial charge >= 0.3 is 0 Å². The van der Waals surface area contributed by atoms with Crippen LogP contribution in [0.4, 0.5) is 4.39 Å². The SMILES string of the molecule is C=CCn1c(C(C)Br)nc2cc(F)ccc21. The maximum Gasteiger partial charge on any atom is 0.125 e. The van der Waals surface area contributed by atoms with Gasteiger partial charge in [-0.1, -0.05) is 22.0 Å². The van der Waals surface area contributed by atoms with Gasteiger partial charge in [-0.2, -0.15) is 0 Å². The third-order valence-corrected chi connectivity index (χ3v) is 2.82. The summed E-state index contributed by atoms with van der Waals surface area (Å²) in [5.41, 5.74) is 1.62. The fraction of sp³-hybridized carbons (Fsp3) is 0.250. The molecule has 2 aromatic rings. The number of allylic oxidation sites excluding steroid dienone is 1. The second-order valence-electron chi connectivity index (χ2n) is 3.62. The van der Waals surface area contributed by atoms with E-state index in [1.165, 1.54) is 12.1 Å². The van der Waals surface area contributed by atoms with E-state index in [1.54, 1.807) is 6.07 Å². The van der Waals surface area contributed by atoms with E-state index in [4.69, 9.17) is 0 Å². The molecule has 84 valence electrons. The van der Waals surface area contributed by atoms with Gasteiger partial charge in [0.05, 0.1) is 15.9 Å². The Morgan fingerprint density at radius 1 is 1.62 bits per heavy atom. The van der Waals surface area contributed by atoms with Crippen molar-refractivity contribution >= 4 is 27.0 Å². The fourth-order valence-electron chi connectivity index (χ4n) is 1.75. The molecule has 0 aliphatic carbocycles. The van der Waals surface area contributed by atoms with Crippen LogP contribution in [0.15, 0.2) is 30.9 Å². The molecule has 0 bridgehead atoms. The highest BCUT2D eigenvalue weighted by Gasteiger charge is 2.13. The lowest BCUT2D eigenvalue weighted by Crippen LogP contribution is -2.02. The molecule has 1 aromatic carbocycles. The van der Waals surface area contributed by atoms with E-state index in [9.17, 15) is 4.39 Å². The Labute approximate surface area is 102 Å². The van der Waals surface area contributed by atoms with E-state index in [0.717, 1.165) is 11.3 Å². The van der Waals surface area contributed by atoms with Crippen LogP contribution in [0.1, 0.15) is 17.6 Å². The fourth-order valence-corrected chi connectivity index (χ4v) is 2.10. The largest absolute Gasteiger partial charge is 0.323 e. The normalized spacial score (nSPS) is 12.9. The molecular weight excluding hydrogens is 271 g/mol. The summed E-state index contributed by atoms with van der Waals surface area (Å²) in [5.74, 6) is 0.630. The summed E-state index contributed by atoms with van der Waals surface area (Å²) in [7, 11) is 0. The average Bonchev–Trinajstić information content (AvgIpc) is 2.57. The van der Waals surface area contributed by atoms with Gasteiger partial charge in [0.2, 0.25) is 0 Å². The van der Waals surface area contributed by atoms with Crippen molar-refractivity contribution in [3.05, 3.63) is 42.5 Å². The van der Waals surface area contributed by atoms with Crippen LogP contribution in [0.3, 0.4) is 0 Å². The molecule has 0 fully saturated rings. The summed E-state index contributed by atoms with van der Waals surface area (Å²) in [6.07, 6.45) is 1.81. The van der Waals surface area contributed by atoms with Crippen LogP contribution in [0.5, 0.6) is 0 Å². The summed E-state index contributed by atoms with van der Waals surface area (Å²) in [6, 6.07) is 4.65. The molecule has 0 aliphatic heterocycles. The molecular formula is C12H12BrFN2. The smallest absolute Gasteiger partial charge is 0.125 e. The van der Waals surface area contributed by atoms with Crippen LogP contribution in [-0.2, 0) is 6.54 Å². The number of hydrogen-bond acceptors (Lipinski definition) is 1. The predicted molar refractivity (Wildman–Crippen MR) is 67.2 cm³/mol. The highest BCUT2D eigenvalue weighted by Crippen LogP contribution is 2.26. The maximum absolute atomic E-state index is 13.1. The van der Waals surface area contributed by atoms with Crippen molar-refractivity contribution in [2.24, 2.45) is 0 Å². The Balaban J connectivity index is 2.70. The number of benzene rings is 1. The van der Waals surface area contributed by atoms with Crippen LogP contribution in [0.2, 0.25) is 0 Å². The molecule has 2 nitrogen and oxygen atoms in total. The predicted octanol–water partition coefficient (Wildman–Crippen LogP) is 3.82. The van der Waals surface area contributed by atoms with Gasteiger partial charge in [0.1, 0.15) is 11.6 Å². The van der Waals surface area contributed by atoms with E-state index in [-0.39, 0.29) is 10.6 Å². The molecule has 0 amide bonds. The number of rotatable bonds is 3. The number of fused-ring (bicyclic) bond motifs is 1. The van der Waals surface area contributed by atoms with Crippen molar-refractivity contribution in [3.8, 4) is 0 Å². The first-order valence-electron chi connectivity index (χ1n) is 5.04. The molecule has 0 aliphatic rings. The van der Waals surface area contributed by atoms with E-state index in [2.05, 4.69) is 27.5 Å². The zero-order valence-electron chi connectivity index (χ0n) is 8.95. The van der Waals surface area contributed by atoms with Crippen molar-refractivity contribution in [1.82, 2.24) is 9.55 Å². The Kier molecular flexibility index (Phi) is 3.10. The lowest BCUT2D eigenvalue weighted by atomic mass is 10.3. The summed E-state index contributed by atoms with van der Waals surface area (Å²) in [4.78, 5) is 4.55. The average molecular weight is 283 g/mol. The zero-order chi connectivity index (χ0) is 11.7. The van der Waals surface area contributed by atoms with E-state index in [1.807, 2.05) is 17.6 Å². The number of halogens is 2. The topological polar surface area (TPSA) is 17.8 Å². The van der Waals surface area contributed by atoms with Crippen LogP contribution in [-0.4, -0.2) is 9.55 Å². The van der Waals surface area contributed by atoms with Crippen LogP contribution < -0.4 is 0 Å². The monoisotopic (exact) mass is 282 g/mol. The van der Waals surface area contributed by atoms with Crippen molar-refractivity contribution in [2.45, 2.75) is 18.3 Å². The van der Waals surface area contributed by atoms with Gasteiger partial charge in [-0.25, -0.2) is 9.37 Å². The number of aromatic nitrogens is 2. The quantitative estimate of drug-likeness (QED) is 0.618. The molecule has 0 radical (unpaired) electrons. The third kappa shape index (κ3) is 1.89. The zero-order valence-corrected chi connectivity index (χ0v) is 10.5. The summed E-state index contributed by atoms with van der Waals surface area (Å²) in [6.45, 7) is 6.39. The van der Waals surface area contributed by atoms with Gasteiger partial charge in [-0.05, 0) is 19.1 Å². The second-order valence-corrected chi connectivity index (χ2v) is 4.99. The van der Waals surface area contributed by atoms with Gasteiger partial charge in [-0.3, -0.25) is 0 Å². The van der Waals surface area contributed by atoms with E-state index >= 15 is 0 Å². The molecule has 2 rings (SSSR count). The lowest BCUT2D eigenvalue weighted by Gasteiger charge is -2.07. The van der Waals surface area contributed by atoms with Gasteiger partial charge in [0.25, 0.3) is 0 Å². The minimum absolute atomic E-state index is 0.128. The third-order valence-electron chi connectivity index (χ3n) is 2.41. The van der Waals surface area contributed by atoms with Crippen molar-refractivity contribution in [1.29, 1.82) is 0 Å². The van der Waals surface area contributed by atoms with Crippen molar-refractivity contribution in [2.75, 3.05) is 0 Å². The highest BCUT2D eigenvalue weighted by molar-refractivity contribution is 9.09. The van der Waals surface area contributed by atoms with E-state index in [0.29, 0.717) is 12.1 Å². The van der Waals surface area contributed by atoms with Gasteiger partial charge in [-0.15, -0.1) is 6.58 Å². The summed E-state index contributed by atoms with van der Waals surface area (Å²) >= 11 is 3.49. The maximum atomic E-state index is 13.1. The van der Waals surface area contributed by atoms with Crippen molar-refractivity contribution in [3.63, 3.8) is 0 Å². The molecule has 0 saturated carbocycles.